The third-order valence-electron chi connectivity index (χ3n) is 5.08. The number of sulfonamides is 1. The molecule has 9 heteroatoms. The Labute approximate surface area is 174 Å². The lowest BCUT2D eigenvalue weighted by atomic mass is 9.99. The van der Waals surface area contributed by atoms with Crippen molar-refractivity contribution >= 4 is 16.0 Å². The highest BCUT2D eigenvalue weighted by molar-refractivity contribution is 7.89. The average Bonchev–Trinajstić information content (AvgIpc) is 2.74. The van der Waals surface area contributed by atoms with Crippen LogP contribution in [0, 0.1) is 0 Å². The number of hydrogen-bond acceptors (Lipinski definition) is 5. The van der Waals surface area contributed by atoms with Crippen LogP contribution in [0.4, 0.5) is 0 Å². The van der Waals surface area contributed by atoms with Gasteiger partial charge in [0.1, 0.15) is 0 Å². The van der Waals surface area contributed by atoms with Gasteiger partial charge in [-0.25, -0.2) is 12.7 Å². The van der Waals surface area contributed by atoms with E-state index in [2.05, 4.69) is 16.3 Å². The molecule has 1 aliphatic heterocycles. The monoisotopic (exact) mass is 426 g/mol. The molecule has 8 nitrogen and oxygen atoms in total. The molecule has 0 atom stereocenters. The predicted molar refractivity (Wildman–Crippen MR) is 116 cm³/mol. The van der Waals surface area contributed by atoms with Crippen LogP contribution in [-0.4, -0.2) is 76.8 Å². The van der Waals surface area contributed by atoms with Crippen molar-refractivity contribution in [1.29, 1.82) is 0 Å². The highest BCUT2D eigenvalue weighted by Gasteiger charge is 2.21. The van der Waals surface area contributed by atoms with Gasteiger partial charge in [-0.1, -0.05) is 0 Å². The van der Waals surface area contributed by atoms with E-state index in [0.717, 1.165) is 43.5 Å². The molecule has 1 N–H and O–H groups in total. The number of rotatable bonds is 9. The first kappa shape index (κ1) is 23.3. The van der Waals surface area contributed by atoms with Crippen LogP contribution in [-0.2, 0) is 23.0 Å². The molecule has 0 saturated heterocycles. The van der Waals surface area contributed by atoms with Gasteiger partial charge in [-0.2, -0.15) is 0 Å². The third kappa shape index (κ3) is 5.99. The smallest absolute Gasteiger partial charge is 0.213 e. The minimum Gasteiger partial charge on any atom is -0.493 e. The molecule has 0 bridgehead atoms. The third-order valence-corrected chi connectivity index (χ3v) is 6.95. The van der Waals surface area contributed by atoms with Crippen molar-refractivity contribution in [1.82, 2.24) is 14.5 Å². The normalized spacial score (nSPS) is 14.7. The second-order valence-corrected chi connectivity index (χ2v) is 9.32. The van der Waals surface area contributed by atoms with Gasteiger partial charge in [-0.3, -0.25) is 4.99 Å². The number of aliphatic imine (C=N–C) groups is 1. The molecule has 2 rings (SSSR count). The summed E-state index contributed by atoms with van der Waals surface area (Å²) in [4.78, 5) is 6.95. The topological polar surface area (TPSA) is 83.5 Å². The summed E-state index contributed by atoms with van der Waals surface area (Å²) in [6.45, 7) is 7.12. The van der Waals surface area contributed by atoms with Crippen LogP contribution in [0.25, 0.3) is 0 Å². The Bertz CT molecular complexity index is 811. The van der Waals surface area contributed by atoms with E-state index in [4.69, 9.17) is 14.5 Å². The van der Waals surface area contributed by atoms with Crippen molar-refractivity contribution in [3.8, 4) is 11.5 Å². The van der Waals surface area contributed by atoms with Crippen LogP contribution >= 0.6 is 0 Å². The summed E-state index contributed by atoms with van der Waals surface area (Å²) >= 11 is 0. The number of hydrogen-bond donors (Lipinski definition) is 1. The maximum Gasteiger partial charge on any atom is 0.213 e. The predicted octanol–water partition coefficient (Wildman–Crippen LogP) is 1.70. The Hall–Kier alpha value is -2.00. The van der Waals surface area contributed by atoms with E-state index >= 15 is 0 Å². The molecule has 1 heterocycles. The van der Waals surface area contributed by atoms with Crippen molar-refractivity contribution in [2.24, 2.45) is 4.99 Å². The van der Waals surface area contributed by atoms with E-state index < -0.39 is 10.0 Å². The summed E-state index contributed by atoms with van der Waals surface area (Å²) in [5.74, 6) is 2.46. The SMILES string of the molecule is CCNC(=NCCCN(C)S(=O)(=O)CC)N1CCc2cc(OC)c(OC)cc2C1. The highest BCUT2D eigenvalue weighted by Crippen LogP contribution is 2.33. The van der Waals surface area contributed by atoms with Crippen LogP contribution in [0.1, 0.15) is 31.4 Å². The molecule has 1 aromatic rings. The quantitative estimate of drug-likeness (QED) is 0.368. The first-order valence-corrected chi connectivity index (χ1v) is 11.7. The minimum absolute atomic E-state index is 0.122. The molecule has 0 amide bonds. The van der Waals surface area contributed by atoms with Crippen LogP contribution in [0.15, 0.2) is 17.1 Å². The molecule has 0 aliphatic carbocycles. The van der Waals surface area contributed by atoms with Gasteiger partial charge in [0.05, 0.1) is 20.0 Å². The van der Waals surface area contributed by atoms with Gasteiger partial charge in [0, 0.05) is 39.8 Å². The fraction of sp³-hybridized carbons (Fsp3) is 0.650. The molecular formula is C20H34N4O4S. The summed E-state index contributed by atoms with van der Waals surface area (Å²) in [5.41, 5.74) is 2.47. The van der Waals surface area contributed by atoms with Crippen LogP contribution < -0.4 is 14.8 Å². The van der Waals surface area contributed by atoms with Gasteiger partial charge >= 0.3 is 0 Å². The van der Waals surface area contributed by atoms with Crippen molar-refractivity contribution in [2.45, 2.75) is 33.2 Å². The second-order valence-electron chi connectivity index (χ2n) is 6.96. The molecule has 0 aromatic heterocycles. The van der Waals surface area contributed by atoms with Crippen molar-refractivity contribution in [3.05, 3.63) is 23.3 Å². The van der Waals surface area contributed by atoms with Gasteiger partial charge in [-0.15, -0.1) is 0 Å². The lowest BCUT2D eigenvalue weighted by Gasteiger charge is -2.32. The summed E-state index contributed by atoms with van der Waals surface area (Å²) < 4.78 is 35.9. The molecule has 1 aromatic carbocycles. The number of ether oxygens (including phenoxy) is 2. The Morgan fingerprint density at radius 3 is 2.45 bits per heavy atom. The van der Waals surface area contributed by atoms with E-state index in [1.54, 1.807) is 28.2 Å². The van der Waals surface area contributed by atoms with Gasteiger partial charge in [0.15, 0.2) is 17.5 Å². The standard InChI is InChI=1S/C20H34N4O4S/c1-6-21-20(22-10-8-11-23(3)29(25,26)7-2)24-12-9-16-13-18(27-4)19(28-5)14-17(16)15-24/h13-14H,6-12,15H2,1-5H3,(H,21,22). The lowest BCUT2D eigenvalue weighted by molar-refractivity contribution is 0.346. The summed E-state index contributed by atoms with van der Waals surface area (Å²) in [6, 6.07) is 4.09. The largest absolute Gasteiger partial charge is 0.493 e. The molecule has 0 saturated carbocycles. The van der Waals surface area contributed by atoms with E-state index in [1.807, 2.05) is 13.0 Å². The molecule has 0 spiro atoms. The van der Waals surface area contributed by atoms with Crippen molar-refractivity contribution in [2.75, 3.05) is 53.2 Å². The van der Waals surface area contributed by atoms with Crippen molar-refractivity contribution in [3.63, 3.8) is 0 Å². The Morgan fingerprint density at radius 2 is 1.86 bits per heavy atom. The molecule has 29 heavy (non-hydrogen) atoms. The van der Waals surface area contributed by atoms with Gasteiger partial charge in [0.25, 0.3) is 0 Å². The van der Waals surface area contributed by atoms with E-state index in [1.165, 1.54) is 15.4 Å². The number of nitrogens with zero attached hydrogens (tertiary/aromatic N) is 3. The first-order chi connectivity index (χ1) is 13.9. The maximum absolute atomic E-state index is 11.8. The minimum atomic E-state index is -3.14. The highest BCUT2D eigenvalue weighted by atomic mass is 32.2. The van der Waals surface area contributed by atoms with Gasteiger partial charge < -0.3 is 19.7 Å². The Kier molecular flexibility index (Phi) is 8.58. The number of benzene rings is 1. The number of nitrogens with one attached hydrogen (secondary N) is 1. The van der Waals surface area contributed by atoms with Crippen molar-refractivity contribution < 1.29 is 17.9 Å². The number of fused-ring (bicyclic) bond motifs is 1. The lowest BCUT2D eigenvalue weighted by Crippen LogP contribution is -2.44. The molecular weight excluding hydrogens is 392 g/mol. The van der Waals surface area contributed by atoms with E-state index in [9.17, 15) is 8.42 Å². The maximum atomic E-state index is 11.8. The van der Waals surface area contributed by atoms with Crippen LogP contribution in [0.2, 0.25) is 0 Å². The molecule has 0 fully saturated rings. The number of methoxy groups -OCH3 is 2. The molecule has 0 radical (unpaired) electrons. The number of guanidine groups is 1. The Balaban J connectivity index is 2.05. The fourth-order valence-electron chi connectivity index (χ4n) is 3.33. The van der Waals surface area contributed by atoms with E-state index in [0.29, 0.717) is 19.5 Å². The zero-order chi connectivity index (χ0) is 21.4. The van der Waals surface area contributed by atoms with Gasteiger partial charge in [-0.05, 0) is 49.9 Å². The molecule has 164 valence electrons. The molecule has 1 aliphatic rings. The first-order valence-electron chi connectivity index (χ1n) is 10.1. The summed E-state index contributed by atoms with van der Waals surface area (Å²) in [7, 11) is 1.78. The zero-order valence-corrected chi connectivity index (χ0v) is 19.0. The summed E-state index contributed by atoms with van der Waals surface area (Å²) in [6.07, 6.45) is 1.58. The summed E-state index contributed by atoms with van der Waals surface area (Å²) in [5, 5.41) is 3.35. The zero-order valence-electron chi connectivity index (χ0n) is 18.2. The van der Waals surface area contributed by atoms with Crippen LogP contribution in [0.5, 0.6) is 11.5 Å². The average molecular weight is 427 g/mol. The fourth-order valence-corrected chi connectivity index (χ4v) is 4.18. The Morgan fingerprint density at radius 1 is 1.21 bits per heavy atom. The second kappa shape index (κ2) is 10.7. The van der Waals surface area contributed by atoms with E-state index in [-0.39, 0.29) is 5.75 Å². The molecule has 0 unspecified atom stereocenters. The van der Waals surface area contributed by atoms with Gasteiger partial charge in [0.2, 0.25) is 10.0 Å². The van der Waals surface area contributed by atoms with Crippen LogP contribution in [0.3, 0.4) is 0 Å².